The number of alkyl halides is 1. The van der Waals surface area contributed by atoms with Crippen molar-refractivity contribution < 1.29 is 4.74 Å². The summed E-state index contributed by atoms with van der Waals surface area (Å²) in [6.45, 7) is 4.79. The summed E-state index contributed by atoms with van der Waals surface area (Å²) in [5.74, 6) is 2.06. The van der Waals surface area contributed by atoms with E-state index in [1.165, 1.54) is 41.5 Å². The summed E-state index contributed by atoms with van der Waals surface area (Å²) in [5, 5.41) is 0. The van der Waals surface area contributed by atoms with Crippen molar-refractivity contribution in [1.29, 1.82) is 0 Å². The van der Waals surface area contributed by atoms with E-state index < -0.39 is 0 Å². The van der Waals surface area contributed by atoms with Gasteiger partial charge in [0.1, 0.15) is 5.75 Å². The summed E-state index contributed by atoms with van der Waals surface area (Å²) < 4.78 is 5.41. The highest BCUT2D eigenvalue weighted by molar-refractivity contribution is 6.17. The van der Waals surface area contributed by atoms with Gasteiger partial charge < -0.3 is 4.74 Å². The van der Waals surface area contributed by atoms with E-state index in [-0.39, 0.29) is 0 Å². The van der Waals surface area contributed by atoms with Crippen LogP contribution in [0.25, 0.3) is 11.1 Å². The van der Waals surface area contributed by atoms with E-state index in [9.17, 15) is 0 Å². The minimum atomic E-state index is 0.346. The van der Waals surface area contributed by atoms with Gasteiger partial charge in [-0.1, -0.05) is 50.6 Å². The third kappa shape index (κ3) is 3.26. The predicted octanol–water partition coefficient (Wildman–Crippen LogP) is 6.39. The molecule has 0 N–H and O–H groups in total. The zero-order chi connectivity index (χ0) is 16.4. The first-order valence-electron chi connectivity index (χ1n) is 8.38. The molecule has 122 valence electrons. The first-order chi connectivity index (χ1) is 11.0. The molecule has 0 unspecified atom stereocenters. The quantitative estimate of drug-likeness (QED) is 0.590. The van der Waals surface area contributed by atoms with E-state index in [1.54, 1.807) is 7.11 Å². The van der Waals surface area contributed by atoms with E-state index in [1.807, 2.05) is 6.07 Å². The normalized spacial score (nSPS) is 19.7. The van der Waals surface area contributed by atoms with Gasteiger partial charge in [-0.05, 0) is 58.6 Å². The lowest BCUT2D eigenvalue weighted by Crippen LogP contribution is -2.16. The van der Waals surface area contributed by atoms with E-state index in [4.69, 9.17) is 16.3 Å². The van der Waals surface area contributed by atoms with Gasteiger partial charge in [-0.25, -0.2) is 0 Å². The van der Waals surface area contributed by atoms with Crippen molar-refractivity contribution in [2.45, 2.75) is 44.9 Å². The maximum Gasteiger partial charge on any atom is 0.119 e. The van der Waals surface area contributed by atoms with Crippen LogP contribution in [0.4, 0.5) is 0 Å². The van der Waals surface area contributed by atoms with Crippen LogP contribution >= 0.6 is 11.6 Å². The van der Waals surface area contributed by atoms with E-state index in [2.05, 4.69) is 50.2 Å². The van der Waals surface area contributed by atoms with E-state index in [0.717, 1.165) is 5.75 Å². The van der Waals surface area contributed by atoms with Crippen LogP contribution in [0, 0.1) is 5.41 Å². The van der Waals surface area contributed by atoms with Crippen molar-refractivity contribution in [2.75, 3.05) is 7.11 Å². The minimum Gasteiger partial charge on any atom is -0.497 e. The second-order valence-corrected chi connectivity index (χ2v) is 7.49. The molecule has 0 aromatic heterocycles. The average Bonchev–Trinajstić information content (AvgIpc) is 2.93. The Morgan fingerprint density at radius 2 is 2.00 bits per heavy atom. The third-order valence-electron chi connectivity index (χ3n) is 5.28. The van der Waals surface area contributed by atoms with Crippen molar-refractivity contribution in [3.05, 3.63) is 53.6 Å². The molecule has 2 heteroatoms. The number of halogens is 1. The van der Waals surface area contributed by atoms with Crippen molar-refractivity contribution >= 4 is 11.6 Å². The second kappa shape index (κ2) is 6.57. The third-order valence-corrected chi connectivity index (χ3v) is 5.59. The van der Waals surface area contributed by atoms with Crippen LogP contribution in [0.3, 0.4) is 0 Å². The van der Waals surface area contributed by atoms with Gasteiger partial charge in [0.25, 0.3) is 0 Å². The smallest absolute Gasteiger partial charge is 0.119 e. The molecule has 1 saturated carbocycles. The molecule has 23 heavy (non-hydrogen) atoms. The van der Waals surface area contributed by atoms with Gasteiger partial charge in [0.15, 0.2) is 0 Å². The van der Waals surface area contributed by atoms with Crippen LogP contribution in [0.1, 0.15) is 50.2 Å². The van der Waals surface area contributed by atoms with Gasteiger partial charge in [-0.3, -0.25) is 0 Å². The fourth-order valence-corrected chi connectivity index (χ4v) is 4.11. The molecule has 1 atom stereocenters. The molecule has 3 rings (SSSR count). The largest absolute Gasteiger partial charge is 0.497 e. The van der Waals surface area contributed by atoms with Crippen LogP contribution in [0.15, 0.2) is 42.5 Å². The highest BCUT2D eigenvalue weighted by Crippen LogP contribution is 2.51. The van der Waals surface area contributed by atoms with Gasteiger partial charge in [-0.15, -0.1) is 11.6 Å². The Kier molecular flexibility index (Phi) is 4.68. The molecule has 1 fully saturated rings. The van der Waals surface area contributed by atoms with E-state index in [0.29, 0.717) is 17.2 Å². The zero-order valence-corrected chi connectivity index (χ0v) is 15.0. The molecule has 0 heterocycles. The molecule has 2 aromatic carbocycles. The molecule has 2 aromatic rings. The molecule has 1 nitrogen and oxygen atoms in total. The van der Waals surface area contributed by atoms with Gasteiger partial charge in [0.2, 0.25) is 0 Å². The number of benzene rings is 2. The molecule has 1 aliphatic rings. The highest BCUT2D eigenvalue weighted by Gasteiger charge is 2.36. The van der Waals surface area contributed by atoms with Crippen LogP contribution in [0.2, 0.25) is 0 Å². The monoisotopic (exact) mass is 328 g/mol. The lowest BCUT2D eigenvalue weighted by Gasteiger charge is -2.29. The Bertz CT molecular complexity index is 690. The highest BCUT2D eigenvalue weighted by atomic mass is 35.5. The Balaban J connectivity index is 2.13. The molecular formula is C21H25ClO. The first kappa shape index (κ1) is 16.4. The summed E-state index contributed by atoms with van der Waals surface area (Å²) in [6, 6.07) is 15.1. The summed E-state index contributed by atoms with van der Waals surface area (Å²) in [6.07, 6.45) is 3.86. The summed E-state index contributed by atoms with van der Waals surface area (Å²) >= 11 is 6.10. The van der Waals surface area contributed by atoms with Crippen LogP contribution in [-0.4, -0.2) is 7.11 Å². The number of hydrogen-bond donors (Lipinski definition) is 0. The Labute approximate surface area is 144 Å². The number of ether oxygens (including phenoxy) is 1. The standard InChI is InChI=1S/C21H25ClO/c1-21(2)11-5-8-20(21)19-12-15(14-22)9-10-18(19)16-6-4-7-17(13-16)23-3/h4,6-7,9-10,12-13,20H,5,8,11,14H2,1-3H3/t20-/m0/s1. The second-order valence-electron chi connectivity index (χ2n) is 7.22. The molecule has 0 bridgehead atoms. The summed E-state index contributed by atoms with van der Waals surface area (Å²) in [7, 11) is 1.72. The first-order valence-corrected chi connectivity index (χ1v) is 8.92. The van der Waals surface area contributed by atoms with Crippen LogP contribution in [-0.2, 0) is 5.88 Å². The van der Waals surface area contributed by atoms with Crippen LogP contribution in [0.5, 0.6) is 5.75 Å². The zero-order valence-electron chi connectivity index (χ0n) is 14.2. The Morgan fingerprint density at radius 1 is 1.17 bits per heavy atom. The van der Waals surface area contributed by atoms with Gasteiger partial charge in [0.05, 0.1) is 7.11 Å². The lowest BCUT2D eigenvalue weighted by molar-refractivity contribution is 0.333. The topological polar surface area (TPSA) is 9.23 Å². The van der Waals surface area contributed by atoms with Crippen molar-refractivity contribution in [3.8, 4) is 16.9 Å². The Hall–Kier alpha value is -1.47. The van der Waals surface area contributed by atoms with Gasteiger partial charge >= 0.3 is 0 Å². The van der Waals surface area contributed by atoms with Crippen molar-refractivity contribution in [1.82, 2.24) is 0 Å². The fraction of sp³-hybridized carbons (Fsp3) is 0.429. The maximum absolute atomic E-state index is 6.10. The minimum absolute atomic E-state index is 0.346. The van der Waals surface area contributed by atoms with Crippen molar-refractivity contribution in [2.24, 2.45) is 5.41 Å². The summed E-state index contributed by atoms with van der Waals surface area (Å²) in [5.41, 5.74) is 5.54. The van der Waals surface area contributed by atoms with Crippen LogP contribution < -0.4 is 4.74 Å². The van der Waals surface area contributed by atoms with Gasteiger partial charge in [0, 0.05) is 5.88 Å². The molecular weight excluding hydrogens is 304 g/mol. The molecule has 0 saturated heterocycles. The molecule has 0 spiro atoms. The maximum atomic E-state index is 6.10. The molecule has 0 radical (unpaired) electrons. The van der Waals surface area contributed by atoms with Crippen molar-refractivity contribution in [3.63, 3.8) is 0 Å². The number of rotatable bonds is 4. The molecule has 0 aliphatic heterocycles. The lowest BCUT2D eigenvalue weighted by atomic mass is 9.75. The molecule has 1 aliphatic carbocycles. The summed E-state index contributed by atoms with van der Waals surface area (Å²) in [4.78, 5) is 0. The Morgan fingerprint density at radius 3 is 2.65 bits per heavy atom. The van der Waals surface area contributed by atoms with Gasteiger partial charge in [-0.2, -0.15) is 0 Å². The SMILES string of the molecule is COc1cccc(-c2ccc(CCl)cc2[C@@H]2CCCC2(C)C)c1. The molecule has 0 amide bonds. The average molecular weight is 329 g/mol. The number of methoxy groups -OCH3 is 1. The van der Waals surface area contributed by atoms with E-state index >= 15 is 0 Å². The predicted molar refractivity (Wildman–Crippen MR) is 98.4 cm³/mol. The fourth-order valence-electron chi connectivity index (χ4n) is 3.94. The number of hydrogen-bond acceptors (Lipinski definition) is 1.